The summed E-state index contributed by atoms with van der Waals surface area (Å²) in [6.07, 6.45) is 0. The van der Waals surface area contributed by atoms with Crippen molar-refractivity contribution in [2.45, 2.75) is 13.8 Å². The number of phenols is 1. The Hall–Kier alpha value is -2.20. The van der Waals surface area contributed by atoms with Crippen LogP contribution >= 0.6 is 0 Å². The zero-order valence-corrected chi connectivity index (χ0v) is 11.8. The third kappa shape index (κ3) is 2.70. The molecular weight excluding hydrogens is 252 g/mol. The van der Waals surface area contributed by atoms with E-state index in [-0.39, 0.29) is 12.4 Å². The smallest absolute Gasteiger partial charge is 0.123 e. The molecule has 2 aromatic carbocycles. The van der Waals surface area contributed by atoms with Crippen molar-refractivity contribution in [1.82, 2.24) is 0 Å². The lowest BCUT2D eigenvalue weighted by atomic mass is 9.94. The Labute approximate surface area is 118 Å². The first kappa shape index (κ1) is 14.2. The predicted octanol–water partition coefficient (Wildman–Crippen LogP) is 2.66. The number of hydrogen-bond donors (Lipinski definition) is 4. The molecule has 0 aliphatic heterocycles. The van der Waals surface area contributed by atoms with Gasteiger partial charge >= 0.3 is 0 Å². The average molecular weight is 272 g/mol. The highest BCUT2D eigenvalue weighted by atomic mass is 16.3. The number of nitrogen functional groups attached to an aromatic ring is 1. The van der Waals surface area contributed by atoms with Crippen LogP contribution in [0.25, 0.3) is 11.1 Å². The third-order valence-corrected chi connectivity index (χ3v) is 3.43. The zero-order chi connectivity index (χ0) is 14.7. The number of hydrogen-bond acceptors (Lipinski definition) is 4. The van der Waals surface area contributed by atoms with Crippen LogP contribution in [0.1, 0.15) is 11.1 Å². The molecule has 106 valence electrons. The molecule has 20 heavy (non-hydrogen) atoms. The molecule has 2 aromatic rings. The van der Waals surface area contributed by atoms with Crippen molar-refractivity contribution in [3.8, 4) is 16.9 Å². The van der Waals surface area contributed by atoms with Crippen molar-refractivity contribution in [1.29, 1.82) is 0 Å². The molecular formula is C16H20N2O2. The monoisotopic (exact) mass is 272 g/mol. The Morgan fingerprint density at radius 2 is 1.90 bits per heavy atom. The number of rotatable bonds is 4. The molecule has 0 bridgehead atoms. The van der Waals surface area contributed by atoms with Crippen molar-refractivity contribution < 1.29 is 10.2 Å². The molecule has 5 N–H and O–H groups in total. The maximum atomic E-state index is 10.1. The Kier molecular flexibility index (Phi) is 4.15. The summed E-state index contributed by atoms with van der Waals surface area (Å²) in [7, 11) is 0. The predicted molar refractivity (Wildman–Crippen MR) is 83.0 cm³/mol. The lowest BCUT2D eigenvalue weighted by molar-refractivity contribution is 0.311. The van der Waals surface area contributed by atoms with Gasteiger partial charge in [0.1, 0.15) is 5.75 Å². The number of aryl methyl sites for hydroxylation is 1. The van der Waals surface area contributed by atoms with E-state index in [1.165, 1.54) is 0 Å². The molecule has 0 aliphatic rings. The quantitative estimate of drug-likeness (QED) is 0.509. The minimum Gasteiger partial charge on any atom is -0.507 e. The van der Waals surface area contributed by atoms with E-state index in [0.29, 0.717) is 12.2 Å². The van der Waals surface area contributed by atoms with Crippen molar-refractivity contribution in [3.05, 3.63) is 41.5 Å². The maximum absolute atomic E-state index is 10.1. The number of aliphatic hydroxyl groups is 1. The maximum Gasteiger partial charge on any atom is 0.123 e. The van der Waals surface area contributed by atoms with E-state index in [1.807, 2.05) is 32.0 Å². The summed E-state index contributed by atoms with van der Waals surface area (Å²) in [6.45, 7) is 4.46. The van der Waals surface area contributed by atoms with Crippen molar-refractivity contribution in [2.75, 3.05) is 24.2 Å². The summed E-state index contributed by atoms with van der Waals surface area (Å²) >= 11 is 0. The van der Waals surface area contributed by atoms with Gasteiger partial charge in [0, 0.05) is 23.5 Å². The largest absolute Gasteiger partial charge is 0.507 e. The van der Waals surface area contributed by atoms with Gasteiger partial charge in [-0.2, -0.15) is 0 Å². The Morgan fingerprint density at radius 3 is 2.60 bits per heavy atom. The second kappa shape index (κ2) is 5.84. The van der Waals surface area contributed by atoms with Crippen LogP contribution in [-0.2, 0) is 0 Å². The molecule has 0 aliphatic carbocycles. The summed E-state index contributed by atoms with van der Waals surface area (Å²) in [6, 6.07) is 9.22. The van der Waals surface area contributed by atoms with Crippen LogP contribution in [0.3, 0.4) is 0 Å². The van der Waals surface area contributed by atoms with Gasteiger partial charge in [0.25, 0.3) is 0 Å². The molecule has 0 heterocycles. The van der Waals surface area contributed by atoms with E-state index in [2.05, 4.69) is 5.32 Å². The lowest BCUT2D eigenvalue weighted by Gasteiger charge is -2.15. The average Bonchev–Trinajstić information content (AvgIpc) is 2.44. The summed E-state index contributed by atoms with van der Waals surface area (Å²) in [4.78, 5) is 0. The molecule has 0 amide bonds. The van der Waals surface area contributed by atoms with Gasteiger partial charge in [-0.05, 0) is 54.8 Å². The van der Waals surface area contributed by atoms with Crippen LogP contribution in [0.2, 0.25) is 0 Å². The Balaban J connectivity index is 2.54. The molecule has 0 radical (unpaired) electrons. The van der Waals surface area contributed by atoms with Crippen LogP contribution in [0.4, 0.5) is 11.4 Å². The highest BCUT2D eigenvalue weighted by Crippen LogP contribution is 2.38. The first-order valence-electron chi connectivity index (χ1n) is 6.58. The molecule has 0 unspecified atom stereocenters. The fourth-order valence-corrected chi connectivity index (χ4v) is 2.26. The minimum absolute atomic E-state index is 0.0752. The summed E-state index contributed by atoms with van der Waals surface area (Å²) in [5, 5.41) is 22.1. The molecule has 0 saturated heterocycles. The van der Waals surface area contributed by atoms with Crippen molar-refractivity contribution in [3.63, 3.8) is 0 Å². The van der Waals surface area contributed by atoms with Gasteiger partial charge in [-0.3, -0.25) is 0 Å². The lowest BCUT2D eigenvalue weighted by Crippen LogP contribution is -2.05. The zero-order valence-electron chi connectivity index (χ0n) is 11.8. The first-order chi connectivity index (χ1) is 9.54. The van der Waals surface area contributed by atoms with E-state index < -0.39 is 0 Å². The standard InChI is InChI=1S/C16H20N2O2/c1-10-3-4-12(18-7-8-19)9-13(10)16-11(2)14(17)5-6-15(16)20/h3-6,9,18-20H,7-8,17H2,1-2H3. The van der Waals surface area contributed by atoms with Crippen LogP contribution in [-0.4, -0.2) is 23.4 Å². The van der Waals surface area contributed by atoms with Gasteiger partial charge in [-0.15, -0.1) is 0 Å². The molecule has 2 rings (SSSR count). The SMILES string of the molecule is Cc1ccc(NCCO)cc1-c1c(O)ccc(N)c1C. The summed E-state index contributed by atoms with van der Waals surface area (Å²) < 4.78 is 0. The van der Waals surface area contributed by atoms with Gasteiger partial charge in [0.15, 0.2) is 0 Å². The van der Waals surface area contributed by atoms with Gasteiger partial charge in [0.2, 0.25) is 0 Å². The van der Waals surface area contributed by atoms with E-state index in [1.54, 1.807) is 12.1 Å². The number of phenolic OH excluding ortho intramolecular Hbond substituents is 1. The highest BCUT2D eigenvalue weighted by molar-refractivity contribution is 5.82. The number of nitrogens with two attached hydrogens (primary N) is 1. The number of aliphatic hydroxyl groups excluding tert-OH is 1. The second-order valence-corrected chi connectivity index (χ2v) is 4.85. The number of anilines is 2. The highest BCUT2D eigenvalue weighted by Gasteiger charge is 2.13. The van der Waals surface area contributed by atoms with Crippen LogP contribution in [0.5, 0.6) is 5.75 Å². The summed E-state index contributed by atoms with van der Waals surface area (Å²) in [5.74, 6) is 0.221. The third-order valence-electron chi connectivity index (χ3n) is 3.43. The van der Waals surface area contributed by atoms with Crippen molar-refractivity contribution in [2.24, 2.45) is 0 Å². The van der Waals surface area contributed by atoms with Crippen LogP contribution in [0, 0.1) is 13.8 Å². The molecule has 0 aromatic heterocycles. The summed E-state index contributed by atoms with van der Waals surface area (Å²) in [5.41, 5.74) is 11.1. The van der Waals surface area contributed by atoms with Gasteiger partial charge in [-0.25, -0.2) is 0 Å². The fraction of sp³-hybridized carbons (Fsp3) is 0.250. The molecule has 4 nitrogen and oxygen atoms in total. The van der Waals surface area contributed by atoms with E-state index in [9.17, 15) is 5.11 Å². The minimum atomic E-state index is 0.0752. The fourth-order valence-electron chi connectivity index (χ4n) is 2.26. The topological polar surface area (TPSA) is 78.5 Å². The van der Waals surface area contributed by atoms with Crippen LogP contribution in [0.15, 0.2) is 30.3 Å². The molecule has 0 atom stereocenters. The molecule has 0 spiro atoms. The number of benzene rings is 2. The molecule has 4 heteroatoms. The van der Waals surface area contributed by atoms with Crippen LogP contribution < -0.4 is 11.1 Å². The van der Waals surface area contributed by atoms with Gasteiger partial charge < -0.3 is 21.3 Å². The Morgan fingerprint density at radius 1 is 1.15 bits per heavy atom. The van der Waals surface area contributed by atoms with E-state index >= 15 is 0 Å². The first-order valence-corrected chi connectivity index (χ1v) is 6.58. The molecule has 0 fully saturated rings. The number of aromatic hydroxyl groups is 1. The Bertz CT molecular complexity index is 624. The second-order valence-electron chi connectivity index (χ2n) is 4.85. The van der Waals surface area contributed by atoms with E-state index in [0.717, 1.165) is 27.9 Å². The number of nitrogens with one attached hydrogen (secondary N) is 1. The molecule has 0 saturated carbocycles. The normalized spacial score (nSPS) is 10.6. The van der Waals surface area contributed by atoms with Crippen molar-refractivity contribution >= 4 is 11.4 Å². The van der Waals surface area contributed by atoms with Gasteiger partial charge in [-0.1, -0.05) is 6.07 Å². The van der Waals surface area contributed by atoms with Gasteiger partial charge in [0.05, 0.1) is 6.61 Å². The van der Waals surface area contributed by atoms with E-state index in [4.69, 9.17) is 10.8 Å².